The van der Waals surface area contributed by atoms with Gasteiger partial charge in [-0.15, -0.1) is 11.6 Å². The van der Waals surface area contributed by atoms with Gasteiger partial charge in [0, 0.05) is 12.9 Å². The van der Waals surface area contributed by atoms with Crippen molar-refractivity contribution in [2.45, 2.75) is 6.42 Å². The Morgan fingerprint density at radius 2 is 2.29 bits per heavy atom. The molecule has 0 aliphatic rings. The Bertz CT molecular complexity index is 616. The molecule has 0 fully saturated rings. The number of hydrogen-bond donors (Lipinski definition) is 0. The lowest BCUT2D eigenvalue weighted by Gasteiger charge is -2.01. The zero-order valence-electron chi connectivity index (χ0n) is 9.56. The van der Waals surface area contributed by atoms with E-state index in [-0.39, 0.29) is 5.56 Å². The van der Waals surface area contributed by atoms with Gasteiger partial charge in [-0.05, 0) is 24.1 Å². The Morgan fingerprint density at radius 3 is 3.06 bits per heavy atom. The number of nitrogens with zero attached hydrogens (tertiary/aromatic N) is 2. The molecule has 3 nitrogen and oxygen atoms in total. The van der Waals surface area contributed by atoms with E-state index < -0.39 is 0 Å². The topological polar surface area (TPSA) is 34.9 Å². The van der Waals surface area contributed by atoms with Gasteiger partial charge in [-0.2, -0.15) is 0 Å². The monoisotopic (exact) mass is 248 g/mol. The highest BCUT2D eigenvalue weighted by molar-refractivity contribution is 6.17. The number of benzene rings is 1. The normalized spacial score (nSPS) is 11.4. The number of hydrogen-bond acceptors (Lipinski definition) is 2. The molecule has 1 aromatic heterocycles. The zero-order valence-corrected chi connectivity index (χ0v) is 10.3. The standard InChI is InChI=1S/C13H13ClN2O/c1-16-9-15-12-6-5-10(4-2-3-7-14)8-11(12)13(16)17/h2,4-6,8-9H,3,7H2,1H3. The first-order chi connectivity index (χ1) is 8.22. The van der Waals surface area contributed by atoms with Crippen molar-refractivity contribution in [3.63, 3.8) is 0 Å². The maximum atomic E-state index is 11.9. The highest BCUT2D eigenvalue weighted by Crippen LogP contribution is 2.11. The van der Waals surface area contributed by atoms with Crippen LogP contribution in [0.2, 0.25) is 0 Å². The van der Waals surface area contributed by atoms with Gasteiger partial charge in [0.15, 0.2) is 0 Å². The van der Waals surface area contributed by atoms with E-state index in [1.165, 1.54) is 10.9 Å². The number of fused-ring (bicyclic) bond motifs is 1. The highest BCUT2D eigenvalue weighted by atomic mass is 35.5. The first-order valence-electron chi connectivity index (χ1n) is 5.40. The summed E-state index contributed by atoms with van der Waals surface area (Å²) in [4.78, 5) is 16.1. The molecule has 0 unspecified atom stereocenters. The molecule has 2 rings (SSSR count). The molecule has 0 radical (unpaired) electrons. The molecule has 17 heavy (non-hydrogen) atoms. The van der Waals surface area contributed by atoms with Gasteiger partial charge >= 0.3 is 0 Å². The third-order valence-electron chi connectivity index (χ3n) is 2.53. The number of aryl methyl sites for hydroxylation is 1. The summed E-state index contributed by atoms with van der Waals surface area (Å²) in [6.45, 7) is 0. The molecule has 2 aromatic rings. The van der Waals surface area contributed by atoms with Gasteiger partial charge in [-0.25, -0.2) is 4.98 Å². The second-order valence-corrected chi connectivity index (χ2v) is 4.20. The summed E-state index contributed by atoms with van der Waals surface area (Å²) < 4.78 is 1.48. The van der Waals surface area contributed by atoms with Crippen LogP contribution in [0.25, 0.3) is 17.0 Å². The maximum absolute atomic E-state index is 11.9. The number of allylic oxidation sites excluding steroid dienone is 1. The van der Waals surface area contributed by atoms with Crippen molar-refractivity contribution in [3.05, 3.63) is 46.5 Å². The molecular formula is C13H13ClN2O. The first-order valence-corrected chi connectivity index (χ1v) is 5.94. The van der Waals surface area contributed by atoms with E-state index in [4.69, 9.17) is 11.6 Å². The number of rotatable bonds is 3. The third-order valence-corrected chi connectivity index (χ3v) is 2.75. The van der Waals surface area contributed by atoms with E-state index in [1.807, 2.05) is 30.4 Å². The van der Waals surface area contributed by atoms with Crippen LogP contribution in [0.5, 0.6) is 0 Å². The van der Waals surface area contributed by atoms with E-state index in [1.54, 1.807) is 7.05 Å². The van der Waals surface area contributed by atoms with E-state index in [0.29, 0.717) is 11.3 Å². The summed E-state index contributed by atoms with van der Waals surface area (Å²) in [7, 11) is 1.70. The van der Waals surface area contributed by atoms with Crippen molar-refractivity contribution in [3.8, 4) is 0 Å². The van der Waals surface area contributed by atoms with E-state index in [9.17, 15) is 4.79 Å². The third kappa shape index (κ3) is 2.56. The molecule has 0 aliphatic heterocycles. The number of halogens is 1. The first kappa shape index (κ1) is 11.9. The van der Waals surface area contributed by atoms with Gasteiger partial charge < -0.3 is 4.57 Å². The van der Waals surface area contributed by atoms with Crippen LogP contribution in [0.3, 0.4) is 0 Å². The Morgan fingerprint density at radius 1 is 1.47 bits per heavy atom. The van der Waals surface area contributed by atoms with Crippen molar-refractivity contribution in [2.24, 2.45) is 7.05 Å². The van der Waals surface area contributed by atoms with Crippen LogP contribution >= 0.6 is 11.6 Å². The van der Waals surface area contributed by atoms with Crippen LogP contribution in [0.1, 0.15) is 12.0 Å². The predicted octanol–water partition coefficient (Wildman–Crippen LogP) is 2.58. The fraction of sp³-hybridized carbons (Fsp3) is 0.231. The van der Waals surface area contributed by atoms with E-state index in [0.717, 1.165) is 17.5 Å². The summed E-state index contributed by atoms with van der Waals surface area (Å²) in [5.41, 5.74) is 1.69. The average molecular weight is 249 g/mol. The highest BCUT2D eigenvalue weighted by Gasteiger charge is 2.01. The maximum Gasteiger partial charge on any atom is 0.260 e. The smallest absolute Gasteiger partial charge is 0.260 e. The molecule has 1 heterocycles. The van der Waals surface area contributed by atoms with Crippen molar-refractivity contribution >= 4 is 28.6 Å². The molecule has 0 aliphatic carbocycles. The Labute approximate surface area is 104 Å². The second kappa shape index (κ2) is 5.15. The van der Waals surface area contributed by atoms with Crippen molar-refractivity contribution < 1.29 is 0 Å². The Hall–Kier alpha value is -1.61. The molecule has 0 bridgehead atoms. The van der Waals surface area contributed by atoms with Gasteiger partial charge in [0.2, 0.25) is 0 Å². The number of alkyl halides is 1. The fourth-order valence-corrected chi connectivity index (χ4v) is 1.74. The lowest BCUT2D eigenvalue weighted by Crippen LogP contribution is -2.16. The van der Waals surface area contributed by atoms with Gasteiger partial charge in [-0.3, -0.25) is 4.79 Å². The molecule has 88 valence electrons. The summed E-state index contributed by atoms with van der Waals surface area (Å²) in [6.07, 6.45) is 6.32. The molecule has 1 aromatic carbocycles. The largest absolute Gasteiger partial charge is 0.302 e. The minimum Gasteiger partial charge on any atom is -0.302 e. The second-order valence-electron chi connectivity index (χ2n) is 3.82. The summed E-state index contributed by atoms with van der Waals surface area (Å²) in [5, 5.41) is 0.642. The molecule has 0 spiro atoms. The minimum atomic E-state index is -0.0254. The zero-order chi connectivity index (χ0) is 12.3. The van der Waals surface area contributed by atoms with Crippen LogP contribution in [-0.2, 0) is 7.05 Å². The Kier molecular flexibility index (Phi) is 3.59. The molecule has 0 amide bonds. The summed E-state index contributed by atoms with van der Waals surface area (Å²) in [6, 6.07) is 5.66. The molecule has 0 N–H and O–H groups in total. The van der Waals surface area contributed by atoms with Crippen LogP contribution in [0, 0.1) is 0 Å². The molecule has 0 saturated carbocycles. The van der Waals surface area contributed by atoms with Gasteiger partial charge in [-0.1, -0.05) is 18.2 Å². The quantitative estimate of drug-likeness (QED) is 0.783. The van der Waals surface area contributed by atoms with Crippen molar-refractivity contribution in [2.75, 3.05) is 5.88 Å². The molecule has 0 atom stereocenters. The average Bonchev–Trinajstić information content (AvgIpc) is 2.35. The van der Waals surface area contributed by atoms with Crippen LogP contribution < -0.4 is 5.56 Å². The summed E-state index contributed by atoms with van der Waals surface area (Å²) >= 11 is 5.59. The van der Waals surface area contributed by atoms with E-state index >= 15 is 0 Å². The SMILES string of the molecule is Cn1cnc2ccc(C=CCCCl)cc2c1=O. The van der Waals surface area contributed by atoms with Gasteiger partial charge in [0.1, 0.15) is 0 Å². The summed E-state index contributed by atoms with van der Waals surface area (Å²) in [5.74, 6) is 0.605. The number of aromatic nitrogens is 2. The van der Waals surface area contributed by atoms with Crippen LogP contribution in [0.4, 0.5) is 0 Å². The van der Waals surface area contributed by atoms with Gasteiger partial charge in [0.25, 0.3) is 5.56 Å². The molecular weight excluding hydrogens is 236 g/mol. The predicted molar refractivity (Wildman–Crippen MR) is 71.4 cm³/mol. The minimum absolute atomic E-state index is 0.0254. The lowest BCUT2D eigenvalue weighted by atomic mass is 10.1. The van der Waals surface area contributed by atoms with Crippen molar-refractivity contribution in [1.82, 2.24) is 9.55 Å². The Balaban J connectivity index is 2.49. The van der Waals surface area contributed by atoms with Crippen LogP contribution in [-0.4, -0.2) is 15.4 Å². The molecule has 4 heteroatoms. The lowest BCUT2D eigenvalue weighted by molar-refractivity contribution is 0.843. The van der Waals surface area contributed by atoms with Crippen LogP contribution in [0.15, 0.2) is 35.4 Å². The molecule has 0 saturated heterocycles. The van der Waals surface area contributed by atoms with Crippen molar-refractivity contribution in [1.29, 1.82) is 0 Å². The van der Waals surface area contributed by atoms with Gasteiger partial charge in [0.05, 0.1) is 17.2 Å². The fourth-order valence-electron chi connectivity index (χ4n) is 1.61. The van der Waals surface area contributed by atoms with E-state index in [2.05, 4.69) is 4.98 Å².